The lowest BCUT2D eigenvalue weighted by molar-refractivity contribution is 0.867. The topological polar surface area (TPSA) is 48.7 Å². The van der Waals surface area contributed by atoms with Gasteiger partial charge in [-0.15, -0.1) is 0 Å². The van der Waals surface area contributed by atoms with Gasteiger partial charge in [-0.05, 0) is 46.0 Å². The Kier molecular flexibility index (Phi) is 4.41. The third-order valence-corrected chi connectivity index (χ3v) is 3.75. The number of para-hydroxylation sites is 1. The molecule has 2 aromatic rings. The average Bonchev–Trinajstić information content (AvgIpc) is 2.42. The largest absolute Gasteiger partial charge is 0.339 e. The van der Waals surface area contributed by atoms with E-state index in [4.69, 9.17) is 5.26 Å². The Hall–Kier alpha value is -1.86. The summed E-state index contributed by atoms with van der Waals surface area (Å²) in [4.78, 5) is 4.31. The molecule has 1 heterocycles. The van der Waals surface area contributed by atoms with E-state index >= 15 is 0 Å². The summed E-state index contributed by atoms with van der Waals surface area (Å²) in [7, 11) is 0. The first-order valence-corrected chi connectivity index (χ1v) is 7.24. The third kappa shape index (κ3) is 3.00. The van der Waals surface area contributed by atoms with E-state index in [-0.39, 0.29) is 0 Å². The molecule has 2 rings (SSSR count). The van der Waals surface area contributed by atoms with E-state index in [1.807, 2.05) is 0 Å². The van der Waals surface area contributed by atoms with Gasteiger partial charge < -0.3 is 5.32 Å². The zero-order chi connectivity index (χ0) is 14.7. The SMILES string of the molecule is Cc1cccc(C(C)C)c1Nc1ncc(C#N)cc1Br. The Morgan fingerprint density at radius 3 is 2.70 bits per heavy atom. The molecular formula is C16H16BrN3. The predicted octanol–water partition coefficient (Wildman–Crippen LogP) is 4.89. The van der Waals surface area contributed by atoms with Crippen LogP contribution in [0.3, 0.4) is 0 Å². The van der Waals surface area contributed by atoms with E-state index in [2.05, 4.69) is 71.3 Å². The minimum absolute atomic E-state index is 0.426. The number of anilines is 2. The van der Waals surface area contributed by atoms with Crippen molar-refractivity contribution in [2.24, 2.45) is 0 Å². The second kappa shape index (κ2) is 6.06. The van der Waals surface area contributed by atoms with Crippen LogP contribution in [-0.4, -0.2) is 4.98 Å². The molecule has 102 valence electrons. The van der Waals surface area contributed by atoms with Crippen LogP contribution >= 0.6 is 15.9 Å². The van der Waals surface area contributed by atoms with Gasteiger partial charge in [0.1, 0.15) is 11.9 Å². The van der Waals surface area contributed by atoms with Crippen molar-refractivity contribution in [1.29, 1.82) is 5.26 Å². The van der Waals surface area contributed by atoms with Crippen molar-refractivity contribution >= 4 is 27.4 Å². The molecule has 0 amide bonds. The molecule has 0 radical (unpaired) electrons. The molecule has 4 heteroatoms. The Labute approximate surface area is 127 Å². The summed E-state index contributed by atoms with van der Waals surface area (Å²) in [5.41, 5.74) is 4.05. The number of nitriles is 1. The van der Waals surface area contributed by atoms with Crippen LogP contribution in [0.4, 0.5) is 11.5 Å². The van der Waals surface area contributed by atoms with Crippen LogP contribution in [0.15, 0.2) is 34.9 Å². The molecule has 0 saturated carbocycles. The summed E-state index contributed by atoms with van der Waals surface area (Å²) in [6.45, 7) is 6.41. The van der Waals surface area contributed by atoms with Crippen molar-refractivity contribution < 1.29 is 0 Å². The van der Waals surface area contributed by atoms with Crippen LogP contribution in [0.1, 0.15) is 36.5 Å². The van der Waals surface area contributed by atoms with Gasteiger partial charge in [0.2, 0.25) is 0 Å². The van der Waals surface area contributed by atoms with Gasteiger partial charge in [0, 0.05) is 11.9 Å². The quantitative estimate of drug-likeness (QED) is 0.871. The Balaban J connectivity index is 2.43. The van der Waals surface area contributed by atoms with Crippen LogP contribution < -0.4 is 5.32 Å². The predicted molar refractivity (Wildman–Crippen MR) is 85.2 cm³/mol. The Bertz CT molecular complexity index is 672. The number of aromatic nitrogens is 1. The number of nitrogens with zero attached hydrogens (tertiary/aromatic N) is 2. The van der Waals surface area contributed by atoms with Crippen molar-refractivity contribution in [3.8, 4) is 6.07 Å². The van der Waals surface area contributed by atoms with Gasteiger partial charge in [-0.3, -0.25) is 0 Å². The van der Waals surface area contributed by atoms with Gasteiger partial charge in [-0.1, -0.05) is 32.0 Å². The van der Waals surface area contributed by atoms with Crippen LogP contribution in [0.5, 0.6) is 0 Å². The highest BCUT2D eigenvalue weighted by Crippen LogP contribution is 2.32. The number of pyridine rings is 1. The highest BCUT2D eigenvalue weighted by molar-refractivity contribution is 9.10. The number of nitrogens with one attached hydrogen (secondary N) is 1. The van der Waals surface area contributed by atoms with E-state index in [0.29, 0.717) is 11.5 Å². The maximum atomic E-state index is 8.87. The van der Waals surface area contributed by atoms with Crippen LogP contribution in [0.25, 0.3) is 0 Å². The fraction of sp³-hybridized carbons (Fsp3) is 0.250. The first-order chi connectivity index (χ1) is 9.52. The molecule has 0 fully saturated rings. The summed E-state index contributed by atoms with van der Waals surface area (Å²) >= 11 is 3.46. The van der Waals surface area contributed by atoms with Gasteiger partial charge in [0.25, 0.3) is 0 Å². The van der Waals surface area contributed by atoms with Crippen LogP contribution in [0.2, 0.25) is 0 Å². The summed E-state index contributed by atoms with van der Waals surface area (Å²) in [5, 5.41) is 12.2. The second-order valence-electron chi connectivity index (χ2n) is 4.99. The Morgan fingerprint density at radius 2 is 2.10 bits per heavy atom. The lowest BCUT2D eigenvalue weighted by Crippen LogP contribution is -2.02. The fourth-order valence-electron chi connectivity index (χ4n) is 2.05. The maximum Gasteiger partial charge on any atom is 0.144 e. The van der Waals surface area contributed by atoms with Crippen molar-refractivity contribution in [1.82, 2.24) is 4.98 Å². The van der Waals surface area contributed by atoms with Gasteiger partial charge in [0.15, 0.2) is 0 Å². The molecule has 0 aliphatic heterocycles. The summed E-state index contributed by atoms with van der Waals surface area (Å²) in [6.07, 6.45) is 1.57. The van der Waals surface area contributed by atoms with E-state index in [1.165, 1.54) is 11.1 Å². The molecule has 0 atom stereocenters. The van der Waals surface area contributed by atoms with Gasteiger partial charge in [-0.25, -0.2) is 4.98 Å². The molecule has 0 saturated heterocycles. The number of rotatable bonds is 3. The molecule has 0 aliphatic rings. The first-order valence-electron chi connectivity index (χ1n) is 6.45. The summed E-state index contributed by atoms with van der Waals surface area (Å²) in [6, 6.07) is 10.1. The van der Waals surface area contributed by atoms with Gasteiger partial charge in [0.05, 0.1) is 10.0 Å². The van der Waals surface area contributed by atoms with E-state index in [0.717, 1.165) is 16.0 Å². The zero-order valence-electron chi connectivity index (χ0n) is 11.7. The number of halogens is 1. The zero-order valence-corrected chi connectivity index (χ0v) is 13.3. The lowest BCUT2D eigenvalue weighted by Gasteiger charge is -2.17. The highest BCUT2D eigenvalue weighted by Gasteiger charge is 2.11. The molecule has 3 nitrogen and oxygen atoms in total. The molecular weight excluding hydrogens is 314 g/mol. The molecule has 0 aliphatic carbocycles. The van der Waals surface area contributed by atoms with Crippen LogP contribution in [0, 0.1) is 18.3 Å². The van der Waals surface area contributed by atoms with Gasteiger partial charge >= 0.3 is 0 Å². The van der Waals surface area contributed by atoms with E-state index in [1.54, 1.807) is 12.3 Å². The van der Waals surface area contributed by atoms with Crippen LogP contribution in [-0.2, 0) is 0 Å². The maximum absolute atomic E-state index is 8.87. The number of aryl methyl sites for hydroxylation is 1. The normalized spacial score (nSPS) is 10.4. The van der Waals surface area contributed by atoms with Crippen molar-refractivity contribution in [2.75, 3.05) is 5.32 Å². The monoisotopic (exact) mass is 329 g/mol. The average molecular weight is 330 g/mol. The van der Waals surface area contributed by atoms with Crippen molar-refractivity contribution in [3.63, 3.8) is 0 Å². The summed E-state index contributed by atoms with van der Waals surface area (Å²) < 4.78 is 0.787. The molecule has 1 N–H and O–H groups in total. The smallest absolute Gasteiger partial charge is 0.144 e. The standard InChI is InChI=1S/C16H16BrN3/c1-10(2)13-6-4-5-11(3)15(13)20-16-14(17)7-12(8-18)9-19-16/h4-7,9-10H,1-3H3,(H,19,20). The molecule has 0 bridgehead atoms. The summed E-state index contributed by atoms with van der Waals surface area (Å²) in [5.74, 6) is 1.15. The van der Waals surface area contributed by atoms with E-state index < -0.39 is 0 Å². The molecule has 0 unspecified atom stereocenters. The second-order valence-corrected chi connectivity index (χ2v) is 5.84. The minimum atomic E-state index is 0.426. The van der Waals surface area contributed by atoms with Crippen molar-refractivity contribution in [2.45, 2.75) is 26.7 Å². The molecule has 20 heavy (non-hydrogen) atoms. The molecule has 1 aromatic carbocycles. The molecule has 0 spiro atoms. The fourth-order valence-corrected chi connectivity index (χ4v) is 2.50. The van der Waals surface area contributed by atoms with Crippen molar-refractivity contribution in [3.05, 3.63) is 51.6 Å². The number of hydrogen-bond acceptors (Lipinski definition) is 3. The van der Waals surface area contributed by atoms with E-state index in [9.17, 15) is 0 Å². The van der Waals surface area contributed by atoms with Gasteiger partial charge in [-0.2, -0.15) is 5.26 Å². The minimum Gasteiger partial charge on any atom is -0.339 e. The number of hydrogen-bond donors (Lipinski definition) is 1. The molecule has 1 aromatic heterocycles. The Morgan fingerprint density at radius 1 is 1.35 bits per heavy atom. The lowest BCUT2D eigenvalue weighted by atomic mass is 9.98. The first kappa shape index (κ1) is 14.5. The highest BCUT2D eigenvalue weighted by atomic mass is 79.9. The third-order valence-electron chi connectivity index (χ3n) is 3.14. The number of benzene rings is 1.